The van der Waals surface area contributed by atoms with Crippen LogP contribution in [-0.4, -0.2) is 35.5 Å². The molecule has 0 fully saturated rings. The largest absolute Gasteiger partial charge is 0.454 e. The molecule has 4 rings (SSSR count). The Bertz CT molecular complexity index is 1190. The van der Waals surface area contributed by atoms with E-state index in [9.17, 15) is 17.6 Å². The number of halogens is 1. The van der Waals surface area contributed by atoms with Gasteiger partial charge in [-0.3, -0.25) is 4.79 Å². The second-order valence-electron chi connectivity index (χ2n) is 7.17. The third-order valence-electron chi connectivity index (χ3n) is 5.22. The Balaban J connectivity index is 1.49. The van der Waals surface area contributed by atoms with E-state index in [1.54, 1.807) is 19.1 Å². The first-order chi connectivity index (χ1) is 14.9. The average Bonchev–Trinajstić information content (AvgIpc) is 3.26. The molecule has 2 aromatic carbocycles. The summed E-state index contributed by atoms with van der Waals surface area (Å²) in [6.07, 6.45) is 1.70. The van der Waals surface area contributed by atoms with Crippen molar-refractivity contribution in [1.82, 2.24) is 9.29 Å². The number of nitrogens with zero attached hydrogens (tertiary/aromatic N) is 2. The molecule has 162 valence electrons. The van der Waals surface area contributed by atoms with Crippen LogP contribution in [-0.2, 0) is 39.1 Å². The van der Waals surface area contributed by atoms with Gasteiger partial charge in [-0.2, -0.15) is 4.31 Å². The molecular formula is C22H21FN2O5S. The highest BCUT2D eigenvalue weighted by Crippen LogP contribution is 2.27. The number of sulfonamides is 1. The molecule has 0 spiro atoms. The number of hydrogen-bond acceptors (Lipinski definition) is 6. The molecule has 3 aromatic rings. The lowest BCUT2D eigenvalue weighted by molar-refractivity contribution is -0.150. The summed E-state index contributed by atoms with van der Waals surface area (Å²) < 4.78 is 50.4. The molecule has 0 bridgehead atoms. The Kier molecular flexibility index (Phi) is 5.88. The highest BCUT2D eigenvalue weighted by Gasteiger charge is 2.39. The number of carbonyl (C=O) groups is 1. The molecule has 2 heterocycles. The molecule has 0 unspecified atom stereocenters. The molecule has 1 aromatic heterocycles. The van der Waals surface area contributed by atoms with E-state index in [-0.39, 0.29) is 37.0 Å². The van der Waals surface area contributed by atoms with Gasteiger partial charge in [0.05, 0.1) is 11.9 Å². The van der Waals surface area contributed by atoms with Gasteiger partial charge in [0.1, 0.15) is 11.9 Å². The van der Waals surface area contributed by atoms with Gasteiger partial charge >= 0.3 is 5.97 Å². The van der Waals surface area contributed by atoms with Crippen LogP contribution in [0.4, 0.5) is 4.39 Å². The molecular weight excluding hydrogens is 423 g/mol. The monoisotopic (exact) mass is 444 g/mol. The zero-order chi connectivity index (χ0) is 22.0. The molecule has 31 heavy (non-hydrogen) atoms. The minimum Gasteiger partial charge on any atom is -0.454 e. The van der Waals surface area contributed by atoms with Gasteiger partial charge in [-0.25, -0.2) is 17.8 Å². The summed E-state index contributed by atoms with van der Waals surface area (Å²) in [5.41, 5.74) is 2.43. The van der Waals surface area contributed by atoms with Crippen molar-refractivity contribution in [3.05, 3.63) is 77.6 Å². The topological polar surface area (TPSA) is 89.7 Å². The van der Waals surface area contributed by atoms with Crippen molar-refractivity contribution in [3.63, 3.8) is 0 Å². The fraction of sp³-hybridized carbons (Fsp3) is 0.273. The van der Waals surface area contributed by atoms with E-state index >= 15 is 0 Å². The average molecular weight is 444 g/mol. The number of esters is 1. The number of oxazole rings is 1. The number of ether oxygens (including phenoxy) is 1. The highest BCUT2D eigenvalue weighted by molar-refractivity contribution is 7.89. The van der Waals surface area contributed by atoms with Gasteiger partial charge in [0.2, 0.25) is 15.9 Å². The third kappa shape index (κ3) is 4.52. The van der Waals surface area contributed by atoms with E-state index in [1.165, 1.54) is 22.6 Å². The molecule has 0 saturated carbocycles. The maximum Gasteiger partial charge on any atom is 0.325 e. The van der Waals surface area contributed by atoms with Gasteiger partial charge in [0, 0.05) is 18.5 Å². The number of carbonyl (C=O) groups excluding carboxylic acids is 1. The predicted octanol–water partition coefficient (Wildman–Crippen LogP) is 3.30. The van der Waals surface area contributed by atoms with Crippen LogP contribution in [0.25, 0.3) is 11.3 Å². The maximum absolute atomic E-state index is 13.1. The Morgan fingerprint density at radius 1 is 1.19 bits per heavy atom. The number of rotatable bonds is 6. The second kappa shape index (κ2) is 8.60. The van der Waals surface area contributed by atoms with Crippen molar-refractivity contribution in [2.75, 3.05) is 5.75 Å². The summed E-state index contributed by atoms with van der Waals surface area (Å²) in [4.78, 5) is 16.9. The summed E-state index contributed by atoms with van der Waals surface area (Å²) in [5, 5.41) is 0. The lowest BCUT2D eigenvalue weighted by Crippen LogP contribution is -2.49. The Labute approximate surface area is 179 Å². The normalized spacial score (nSPS) is 16.6. The second-order valence-corrected chi connectivity index (χ2v) is 9.38. The molecule has 9 heteroatoms. The third-order valence-corrected chi connectivity index (χ3v) is 7.05. The fourth-order valence-corrected chi connectivity index (χ4v) is 4.73. The zero-order valence-electron chi connectivity index (χ0n) is 16.8. The van der Waals surface area contributed by atoms with Crippen LogP contribution >= 0.6 is 0 Å². The fourth-order valence-electron chi connectivity index (χ4n) is 3.51. The number of benzene rings is 2. The van der Waals surface area contributed by atoms with E-state index in [2.05, 4.69) is 4.98 Å². The van der Waals surface area contributed by atoms with Gasteiger partial charge in [-0.1, -0.05) is 24.3 Å². The van der Waals surface area contributed by atoms with Crippen molar-refractivity contribution < 1.29 is 26.8 Å². The summed E-state index contributed by atoms with van der Waals surface area (Å²) >= 11 is 0. The molecule has 1 atom stereocenters. The van der Waals surface area contributed by atoms with Crippen molar-refractivity contribution >= 4 is 16.0 Å². The minimum absolute atomic E-state index is 0.111. The highest BCUT2D eigenvalue weighted by atomic mass is 32.2. The standard InChI is InChI=1S/C22H21FN2O5S/c1-2-31(27,28)25-13-17-6-4-3-5-16(17)11-19(25)22(26)29-14-21-24-12-20(30-21)15-7-9-18(23)10-8-15/h3-10,12,19H,2,11,13-14H2,1H3/t19-/m1/s1. The van der Waals surface area contributed by atoms with Crippen molar-refractivity contribution in [2.45, 2.75) is 32.5 Å². The molecule has 1 aliphatic rings. The van der Waals surface area contributed by atoms with E-state index in [4.69, 9.17) is 9.15 Å². The van der Waals surface area contributed by atoms with Gasteiger partial charge < -0.3 is 9.15 Å². The van der Waals surface area contributed by atoms with Crippen LogP contribution in [0.2, 0.25) is 0 Å². The summed E-state index contributed by atoms with van der Waals surface area (Å²) in [6.45, 7) is 1.43. The zero-order valence-corrected chi connectivity index (χ0v) is 17.6. The van der Waals surface area contributed by atoms with Crippen LogP contribution in [0.15, 0.2) is 59.1 Å². The molecule has 0 aliphatic carbocycles. The van der Waals surface area contributed by atoms with E-state index in [0.717, 1.165) is 11.1 Å². The number of aromatic nitrogens is 1. The van der Waals surface area contributed by atoms with E-state index in [1.807, 2.05) is 24.3 Å². The van der Waals surface area contributed by atoms with E-state index < -0.39 is 22.0 Å². The Morgan fingerprint density at radius 2 is 1.90 bits per heavy atom. The van der Waals surface area contributed by atoms with Crippen LogP contribution in [0.5, 0.6) is 0 Å². The molecule has 7 nitrogen and oxygen atoms in total. The van der Waals surface area contributed by atoms with Crippen LogP contribution in [0.3, 0.4) is 0 Å². The summed E-state index contributed by atoms with van der Waals surface area (Å²) in [6, 6.07) is 12.2. The van der Waals surface area contributed by atoms with Gasteiger partial charge in [-0.15, -0.1) is 0 Å². The SMILES string of the molecule is CCS(=O)(=O)N1Cc2ccccc2C[C@@H]1C(=O)OCc1ncc(-c2ccc(F)cc2)o1. The van der Waals surface area contributed by atoms with Crippen molar-refractivity contribution in [1.29, 1.82) is 0 Å². The summed E-state index contributed by atoms with van der Waals surface area (Å²) in [7, 11) is -3.61. The summed E-state index contributed by atoms with van der Waals surface area (Å²) in [5.74, 6) is -0.563. The van der Waals surface area contributed by atoms with Gasteiger partial charge in [-0.05, 0) is 42.3 Å². The molecule has 0 saturated heterocycles. The minimum atomic E-state index is -3.61. The molecule has 0 N–H and O–H groups in total. The van der Waals surface area contributed by atoms with Crippen LogP contribution < -0.4 is 0 Å². The van der Waals surface area contributed by atoms with Crippen molar-refractivity contribution in [2.24, 2.45) is 0 Å². The quantitative estimate of drug-likeness (QED) is 0.542. The van der Waals surface area contributed by atoms with E-state index in [0.29, 0.717) is 11.3 Å². The first kappa shape index (κ1) is 21.2. The first-order valence-corrected chi connectivity index (χ1v) is 11.4. The predicted molar refractivity (Wildman–Crippen MR) is 111 cm³/mol. The number of hydrogen-bond donors (Lipinski definition) is 0. The Hall–Kier alpha value is -3.04. The van der Waals surface area contributed by atoms with Crippen LogP contribution in [0, 0.1) is 5.82 Å². The number of fused-ring (bicyclic) bond motifs is 1. The first-order valence-electron chi connectivity index (χ1n) is 9.81. The maximum atomic E-state index is 13.1. The van der Waals surface area contributed by atoms with Gasteiger partial charge in [0.25, 0.3) is 0 Å². The molecule has 1 aliphatic heterocycles. The lowest BCUT2D eigenvalue weighted by atomic mass is 9.96. The Morgan fingerprint density at radius 3 is 2.61 bits per heavy atom. The lowest BCUT2D eigenvalue weighted by Gasteiger charge is -2.34. The van der Waals surface area contributed by atoms with Crippen molar-refractivity contribution in [3.8, 4) is 11.3 Å². The smallest absolute Gasteiger partial charge is 0.325 e. The van der Waals surface area contributed by atoms with Crippen LogP contribution in [0.1, 0.15) is 23.9 Å². The molecule has 0 amide bonds. The molecule has 0 radical (unpaired) electrons. The van der Waals surface area contributed by atoms with Gasteiger partial charge in [0.15, 0.2) is 12.4 Å².